The van der Waals surface area contributed by atoms with Crippen molar-refractivity contribution in [2.45, 2.75) is 6.54 Å². The van der Waals surface area contributed by atoms with E-state index in [0.29, 0.717) is 19.1 Å². The van der Waals surface area contributed by atoms with E-state index in [4.69, 9.17) is 15.2 Å². The Morgan fingerprint density at radius 3 is 2.80 bits per heavy atom. The van der Waals surface area contributed by atoms with E-state index in [1.165, 1.54) is 0 Å². The molecule has 2 heterocycles. The highest BCUT2D eigenvalue weighted by molar-refractivity contribution is 7.99. The fraction of sp³-hybridized carbons (Fsp3) is 0.611. The summed E-state index contributed by atoms with van der Waals surface area (Å²) in [5.74, 6) is 3.80. The Balaban J connectivity index is 1.45. The summed E-state index contributed by atoms with van der Waals surface area (Å²) in [6.07, 6.45) is 0. The van der Waals surface area contributed by atoms with Crippen molar-refractivity contribution in [1.29, 1.82) is 0 Å². The van der Waals surface area contributed by atoms with Crippen LogP contribution in [-0.4, -0.2) is 79.8 Å². The Labute approximate surface area is 154 Å². The highest BCUT2D eigenvalue weighted by Gasteiger charge is 2.12. The minimum atomic E-state index is 0.593. The van der Waals surface area contributed by atoms with Crippen LogP contribution in [0.2, 0.25) is 0 Å². The van der Waals surface area contributed by atoms with Crippen molar-refractivity contribution in [2.24, 2.45) is 10.7 Å². The Morgan fingerprint density at radius 1 is 1.20 bits per heavy atom. The largest absolute Gasteiger partial charge is 0.492 e. The summed E-state index contributed by atoms with van der Waals surface area (Å²) < 4.78 is 11.3. The second kappa shape index (κ2) is 9.89. The van der Waals surface area contributed by atoms with E-state index in [1.54, 1.807) is 0 Å². The van der Waals surface area contributed by atoms with Crippen molar-refractivity contribution in [1.82, 2.24) is 9.80 Å². The van der Waals surface area contributed by atoms with Gasteiger partial charge in [0.15, 0.2) is 5.96 Å². The van der Waals surface area contributed by atoms with Crippen molar-refractivity contribution in [3.63, 3.8) is 0 Å². The lowest BCUT2D eigenvalue weighted by atomic mass is 10.2. The Kier molecular flexibility index (Phi) is 7.26. The molecule has 2 N–H and O–H groups in total. The molecular weight excluding hydrogens is 336 g/mol. The van der Waals surface area contributed by atoms with Crippen LogP contribution in [0.15, 0.2) is 29.3 Å². The van der Waals surface area contributed by atoms with Gasteiger partial charge in [-0.2, -0.15) is 11.8 Å². The van der Waals surface area contributed by atoms with Gasteiger partial charge in [0.05, 0.1) is 19.8 Å². The van der Waals surface area contributed by atoms with Crippen LogP contribution in [-0.2, 0) is 11.3 Å². The van der Waals surface area contributed by atoms with Gasteiger partial charge in [0.25, 0.3) is 0 Å². The van der Waals surface area contributed by atoms with Gasteiger partial charge in [-0.25, -0.2) is 4.99 Å². The number of rotatable bonds is 6. The van der Waals surface area contributed by atoms with E-state index in [1.807, 2.05) is 23.9 Å². The highest BCUT2D eigenvalue weighted by Crippen LogP contribution is 2.15. The third-order valence-corrected chi connectivity index (χ3v) is 5.38. The van der Waals surface area contributed by atoms with Crippen LogP contribution >= 0.6 is 11.8 Å². The fourth-order valence-corrected chi connectivity index (χ4v) is 3.82. The maximum absolute atomic E-state index is 6.12. The van der Waals surface area contributed by atoms with Gasteiger partial charge in [-0.1, -0.05) is 12.1 Å². The molecule has 0 bridgehead atoms. The minimum absolute atomic E-state index is 0.593. The molecule has 0 radical (unpaired) electrons. The number of guanidine groups is 1. The fourth-order valence-electron chi connectivity index (χ4n) is 2.92. The summed E-state index contributed by atoms with van der Waals surface area (Å²) in [4.78, 5) is 9.08. The molecule has 7 heteroatoms. The van der Waals surface area contributed by atoms with E-state index in [9.17, 15) is 0 Å². The predicted molar refractivity (Wildman–Crippen MR) is 103 cm³/mol. The first-order chi connectivity index (χ1) is 12.3. The van der Waals surface area contributed by atoms with Gasteiger partial charge in [0.1, 0.15) is 12.4 Å². The third kappa shape index (κ3) is 6.09. The number of nitrogens with two attached hydrogens (primary N) is 1. The molecule has 1 aromatic carbocycles. The molecule has 2 saturated heterocycles. The molecule has 1 aromatic rings. The molecule has 0 aliphatic carbocycles. The zero-order valence-corrected chi connectivity index (χ0v) is 15.5. The molecule has 0 amide bonds. The standard InChI is InChI=1S/C18H28N4O2S/c19-18(22-7-12-25-13-8-22)20-15-16-2-1-3-17(14-16)24-11-6-21-4-9-23-10-5-21/h1-3,14H,4-13,15H2,(H2,19,20). The second-order valence-electron chi connectivity index (χ2n) is 6.22. The van der Waals surface area contributed by atoms with Crippen LogP contribution < -0.4 is 10.5 Å². The minimum Gasteiger partial charge on any atom is -0.492 e. The smallest absolute Gasteiger partial charge is 0.191 e. The number of aliphatic imine (C=N–C) groups is 1. The summed E-state index contributed by atoms with van der Waals surface area (Å²) in [5.41, 5.74) is 7.24. The molecule has 0 atom stereocenters. The molecule has 25 heavy (non-hydrogen) atoms. The first-order valence-corrected chi connectivity index (χ1v) is 10.1. The van der Waals surface area contributed by atoms with Crippen LogP contribution in [0.3, 0.4) is 0 Å². The zero-order chi connectivity index (χ0) is 17.3. The molecule has 138 valence electrons. The first kappa shape index (κ1) is 18.4. The lowest BCUT2D eigenvalue weighted by molar-refractivity contribution is 0.0322. The van der Waals surface area contributed by atoms with Crippen molar-refractivity contribution >= 4 is 17.7 Å². The number of nitrogens with zero attached hydrogens (tertiary/aromatic N) is 3. The normalized spacial score (nSPS) is 19.8. The topological polar surface area (TPSA) is 63.3 Å². The average molecular weight is 365 g/mol. The number of morpholine rings is 1. The van der Waals surface area contributed by atoms with Gasteiger partial charge in [-0.05, 0) is 17.7 Å². The van der Waals surface area contributed by atoms with Crippen molar-refractivity contribution < 1.29 is 9.47 Å². The number of thioether (sulfide) groups is 1. The molecule has 0 saturated carbocycles. The monoisotopic (exact) mass is 364 g/mol. The Morgan fingerprint density at radius 2 is 2.00 bits per heavy atom. The summed E-state index contributed by atoms with van der Waals surface area (Å²) >= 11 is 1.97. The molecule has 2 aliphatic heterocycles. The van der Waals surface area contributed by atoms with Gasteiger partial charge in [0, 0.05) is 44.2 Å². The lowest BCUT2D eigenvalue weighted by Gasteiger charge is -2.27. The molecule has 0 aromatic heterocycles. The van der Waals surface area contributed by atoms with Crippen LogP contribution in [0.1, 0.15) is 5.56 Å². The number of benzene rings is 1. The molecular formula is C18H28N4O2S. The first-order valence-electron chi connectivity index (χ1n) is 8.96. The lowest BCUT2D eigenvalue weighted by Crippen LogP contribution is -2.42. The van der Waals surface area contributed by atoms with Crippen LogP contribution in [0, 0.1) is 0 Å². The zero-order valence-electron chi connectivity index (χ0n) is 14.7. The summed E-state index contributed by atoms with van der Waals surface area (Å²) in [6.45, 7) is 7.84. The van der Waals surface area contributed by atoms with E-state index >= 15 is 0 Å². The van der Waals surface area contributed by atoms with Crippen molar-refractivity contribution in [2.75, 3.05) is 64.1 Å². The van der Waals surface area contributed by atoms with Crippen LogP contribution in [0.5, 0.6) is 5.75 Å². The summed E-state index contributed by atoms with van der Waals surface area (Å²) in [7, 11) is 0. The van der Waals surface area contributed by atoms with E-state index in [-0.39, 0.29) is 0 Å². The molecule has 2 fully saturated rings. The van der Waals surface area contributed by atoms with Crippen LogP contribution in [0.25, 0.3) is 0 Å². The quantitative estimate of drug-likeness (QED) is 0.606. The van der Waals surface area contributed by atoms with Crippen molar-refractivity contribution in [3.8, 4) is 5.75 Å². The number of ether oxygens (including phenoxy) is 2. The summed E-state index contributed by atoms with van der Waals surface area (Å²) in [6, 6.07) is 8.14. The molecule has 0 spiro atoms. The summed E-state index contributed by atoms with van der Waals surface area (Å²) in [5, 5.41) is 0. The maximum atomic E-state index is 6.12. The molecule has 6 nitrogen and oxygen atoms in total. The van der Waals surface area contributed by atoms with Gasteiger partial charge in [-0.15, -0.1) is 0 Å². The Hall–Kier alpha value is -1.44. The van der Waals surface area contributed by atoms with Gasteiger partial charge >= 0.3 is 0 Å². The average Bonchev–Trinajstić information content (AvgIpc) is 2.68. The molecule has 2 aliphatic rings. The van der Waals surface area contributed by atoms with Gasteiger partial charge in [-0.3, -0.25) is 4.90 Å². The maximum Gasteiger partial charge on any atom is 0.191 e. The molecule has 0 unspecified atom stereocenters. The number of hydrogen-bond acceptors (Lipinski definition) is 5. The SMILES string of the molecule is NC(=NCc1cccc(OCCN2CCOCC2)c1)N1CCSCC1. The second-order valence-corrected chi connectivity index (χ2v) is 7.45. The van der Waals surface area contributed by atoms with Gasteiger partial charge in [0.2, 0.25) is 0 Å². The van der Waals surface area contributed by atoms with Crippen molar-refractivity contribution in [3.05, 3.63) is 29.8 Å². The van der Waals surface area contributed by atoms with E-state index in [2.05, 4.69) is 26.9 Å². The third-order valence-electron chi connectivity index (χ3n) is 4.44. The van der Waals surface area contributed by atoms with E-state index < -0.39 is 0 Å². The predicted octanol–water partition coefficient (Wildman–Crippen LogP) is 1.26. The molecule has 3 rings (SSSR count). The highest BCUT2D eigenvalue weighted by atomic mass is 32.2. The van der Waals surface area contributed by atoms with E-state index in [0.717, 1.165) is 68.8 Å². The van der Waals surface area contributed by atoms with Crippen LogP contribution in [0.4, 0.5) is 0 Å². The van der Waals surface area contributed by atoms with Gasteiger partial charge < -0.3 is 20.1 Å². The Bertz CT molecular complexity index is 558. The number of hydrogen-bond donors (Lipinski definition) is 1.